The molecule has 2 aromatic rings. The van der Waals surface area contributed by atoms with E-state index in [1.165, 1.54) is 0 Å². The van der Waals surface area contributed by atoms with E-state index in [-0.39, 0.29) is 0 Å². The maximum absolute atomic E-state index is 5.36. The van der Waals surface area contributed by atoms with Crippen molar-refractivity contribution in [3.05, 3.63) is 42.6 Å². The monoisotopic (exact) mass is 274 g/mol. The van der Waals surface area contributed by atoms with Crippen molar-refractivity contribution in [3.8, 4) is 5.75 Å². The Morgan fingerprint density at radius 3 is 2.89 bits per heavy atom. The topological polar surface area (TPSA) is 34.1 Å². The summed E-state index contributed by atoms with van der Waals surface area (Å²) in [5.74, 6) is 1.81. The summed E-state index contributed by atoms with van der Waals surface area (Å²) in [6, 6.07) is 12.1. The molecule has 0 amide bonds. The fourth-order valence-electron chi connectivity index (χ4n) is 1.65. The Labute approximate surface area is 118 Å². The predicted octanol–water partition coefficient (Wildman–Crippen LogP) is 4.06. The van der Waals surface area contributed by atoms with Gasteiger partial charge >= 0.3 is 0 Å². The highest BCUT2D eigenvalue weighted by Crippen LogP contribution is 2.34. The fraction of sp³-hybridized carbons (Fsp3) is 0.267. The molecule has 0 fully saturated rings. The van der Waals surface area contributed by atoms with E-state index in [1.807, 2.05) is 30.5 Å². The van der Waals surface area contributed by atoms with Crippen LogP contribution >= 0.6 is 11.8 Å². The van der Waals surface area contributed by atoms with Gasteiger partial charge < -0.3 is 10.1 Å². The molecule has 100 valence electrons. The van der Waals surface area contributed by atoms with Crippen LogP contribution < -0.4 is 10.1 Å². The molecule has 0 aliphatic heterocycles. The number of benzene rings is 1. The number of anilines is 1. The highest BCUT2D eigenvalue weighted by molar-refractivity contribution is 7.99. The smallest absolute Gasteiger partial charge is 0.132 e. The van der Waals surface area contributed by atoms with E-state index in [0.29, 0.717) is 0 Å². The number of para-hydroxylation sites is 1. The van der Waals surface area contributed by atoms with E-state index in [1.54, 1.807) is 18.9 Å². The van der Waals surface area contributed by atoms with Gasteiger partial charge in [0.05, 0.1) is 12.0 Å². The molecule has 0 saturated carbocycles. The molecule has 19 heavy (non-hydrogen) atoms. The lowest BCUT2D eigenvalue weighted by Crippen LogP contribution is -2.01. The van der Waals surface area contributed by atoms with Crippen LogP contribution in [0.2, 0.25) is 0 Å². The number of pyridine rings is 1. The van der Waals surface area contributed by atoms with Gasteiger partial charge in [-0.15, -0.1) is 0 Å². The van der Waals surface area contributed by atoms with Crippen molar-refractivity contribution in [1.82, 2.24) is 4.98 Å². The van der Waals surface area contributed by atoms with E-state index in [0.717, 1.165) is 34.3 Å². The number of nitrogens with one attached hydrogen (secondary N) is 1. The van der Waals surface area contributed by atoms with Crippen LogP contribution in [0.5, 0.6) is 5.75 Å². The van der Waals surface area contributed by atoms with Gasteiger partial charge in [0, 0.05) is 17.6 Å². The van der Waals surface area contributed by atoms with Crippen molar-refractivity contribution in [2.24, 2.45) is 0 Å². The third-order valence-electron chi connectivity index (χ3n) is 2.58. The van der Waals surface area contributed by atoms with E-state index in [2.05, 4.69) is 29.4 Å². The lowest BCUT2D eigenvalue weighted by Gasteiger charge is -2.09. The van der Waals surface area contributed by atoms with Crippen LogP contribution in [0.25, 0.3) is 0 Å². The van der Waals surface area contributed by atoms with Gasteiger partial charge in [0.15, 0.2) is 0 Å². The predicted molar refractivity (Wildman–Crippen MR) is 80.1 cm³/mol. The standard InChI is InChI=1S/C15H18N2OS/c1-3-9-16-15-11-12(8-10-17-15)19-14-7-5-4-6-13(14)18-2/h4-8,10-11H,3,9H2,1-2H3,(H,16,17). The second-order valence-corrected chi connectivity index (χ2v) is 5.17. The number of nitrogens with zero attached hydrogens (tertiary/aromatic N) is 1. The number of rotatable bonds is 6. The van der Waals surface area contributed by atoms with Crippen molar-refractivity contribution in [1.29, 1.82) is 0 Å². The van der Waals surface area contributed by atoms with Gasteiger partial charge in [-0.2, -0.15) is 0 Å². The minimum absolute atomic E-state index is 0.896. The van der Waals surface area contributed by atoms with Gasteiger partial charge in [0.1, 0.15) is 11.6 Å². The minimum atomic E-state index is 0.896. The molecular weight excluding hydrogens is 256 g/mol. The first kappa shape index (κ1) is 13.7. The summed E-state index contributed by atoms with van der Waals surface area (Å²) < 4.78 is 5.36. The van der Waals surface area contributed by atoms with Crippen molar-refractivity contribution < 1.29 is 4.74 Å². The van der Waals surface area contributed by atoms with Gasteiger partial charge in [-0.1, -0.05) is 30.8 Å². The van der Waals surface area contributed by atoms with Crippen LogP contribution in [0.4, 0.5) is 5.82 Å². The molecule has 1 heterocycles. The fourth-order valence-corrected chi connectivity index (χ4v) is 2.61. The summed E-state index contributed by atoms with van der Waals surface area (Å²) in [5.41, 5.74) is 0. The number of ether oxygens (including phenoxy) is 1. The van der Waals surface area contributed by atoms with Crippen LogP contribution in [0.3, 0.4) is 0 Å². The molecular formula is C15H18N2OS. The normalized spacial score (nSPS) is 10.2. The second-order valence-electron chi connectivity index (χ2n) is 4.06. The molecule has 0 atom stereocenters. The van der Waals surface area contributed by atoms with Gasteiger partial charge in [-0.05, 0) is 30.7 Å². The highest BCUT2D eigenvalue weighted by Gasteiger charge is 2.04. The Morgan fingerprint density at radius 1 is 1.26 bits per heavy atom. The van der Waals surface area contributed by atoms with E-state index >= 15 is 0 Å². The molecule has 2 rings (SSSR count). The van der Waals surface area contributed by atoms with Crippen LogP contribution in [-0.4, -0.2) is 18.6 Å². The van der Waals surface area contributed by atoms with Crippen LogP contribution in [0, 0.1) is 0 Å². The quantitative estimate of drug-likeness (QED) is 0.861. The molecule has 1 aromatic heterocycles. The van der Waals surface area contributed by atoms with E-state index in [9.17, 15) is 0 Å². The van der Waals surface area contributed by atoms with Crippen molar-refractivity contribution in [2.75, 3.05) is 19.0 Å². The first-order valence-corrected chi connectivity index (χ1v) is 7.16. The maximum Gasteiger partial charge on any atom is 0.132 e. The molecule has 0 unspecified atom stereocenters. The summed E-state index contributed by atoms with van der Waals surface area (Å²) in [7, 11) is 1.69. The number of methoxy groups -OCH3 is 1. The lowest BCUT2D eigenvalue weighted by molar-refractivity contribution is 0.405. The SMILES string of the molecule is CCCNc1cc(Sc2ccccc2OC)ccn1. The zero-order valence-corrected chi connectivity index (χ0v) is 12.0. The number of aromatic nitrogens is 1. The second kappa shape index (κ2) is 7.04. The Morgan fingerprint density at radius 2 is 2.11 bits per heavy atom. The molecule has 0 aliphatic carbocycles. The molecule has 0 spiro atoms. The lowest BCUT2D eigenvalue weighted by atomic mass is 10.3. The highest BCUT2D eigenvalue weighted by atomic mass is 32.2. The molecule has 4 heteroatoms. The van der Waals surface area contributed by atoms with Crippen molar-refractivity contribution in [2.45, 2.75) is 23.1 Å². The molecule has 0 saturated heterocycles. The molecule has 3 nitrogen and oxygen atoms in total. The summed E-state index contributed by atoms with van der Waals surface area (Å²) >= 11 is 1.68. The Kier molecular flexibility index (Phi) is 5.10. The molecule has 1 aromatic carbocycles. The first-order chi connectivity index (χ1) is 9.33. The third-order valence-corrected chi connectivity index (χ3v) is 3.63. The van der Waals surface area contributed by atoms with Gasteiger partial charge in [-0.25, -0.2) is 4.98 Å². The van der Waals surface area contributed by atoms with E-state index < -0.39 is 0 Å². The maximum atomic E-state index is 5.36. The van der Waals surface area contributed by atoms with Crippen LogP contribution in [0.1, 0.15) is 13.3 Å². The summed E-state index contributed by atoms with van der Waals surface area (Å²) in [6.07, 6.45) is 2.92. The van der Waals surface area contributed by atoms with Crippen molar-refractivity contribution in [3.63, 3.8) is 0 Å². The molecule has 0 bridgehead atoms. The average molecular weight is 274 g/mol. The third kappa shape index (κ3) is 3.89. The van der Waals surface area contributed by atoms with Crippen LogP contribution in [0.15, 0.2) is 52.4 Å². The van der Waals surface area contributed by atoms with Gasteiger partial charge in [0.2, 0.25) is 0 Å². The summed E-state index contributed by atoms with van der Waals surface area (Å²) in [4.78, 5) is 6.57. The number of hydrogen-bond acceptors (Lipinski definition) is 4. The largest absolute Gasteiger partial charge is 0.496 e. The molecule has 1 N–H and O–H groups in total. The zero-order valence-electron chi connectivity index (χ0n) is 11.2. The average Bonchev–Trinajstić information content (AvgIpc) is 2.46. The molecule has 0 aliphatic rings. The zero-order chi connectivity index (χ0) is 13.5. The Balaban J connectivity index is 2.14. The Hall–Kier alpha value is -1.68. The van der Waals surface area contributed by atoms with Gasteiger partial charge in [0.25, 0.3) is 0 Å². The van der Waals surface area contributed by atoms with Crippen molar-refractivity contribution >= 4 is 17.6 Å². The molecule has 0 radical (unpaired) electrons. The van der Waals surface area contributed by atoms with Crippen LogP contribution in [-0.2, 0) is 0 Å². The van der Waals surface area contributed by atoms with Gasteiger partial charge in [-0.3, -0.25) is 0 Å². The Bertz CT molecular complexity index is 531. The first-order valence-electron chi connectivity index (χ1n) is 6.34. The minimum Gasteiger partial charge on any atom is -0.496 e. The van der Waals surface area contributed by atoms with E-state index in [4.69, 9.17) is 4.74 Å². The number of hydrogen-bond donors (Lipinski definition) is 1. The summed E-state index contributed by atoms with van der Waals surface area (Å²) in [5, 5.41) is 3.29. The summed E-state index contributed by atoms with van der Waals surface area (Å²) in [6.45, 7) is 3.08.